The van der Waals surface area contributed by atoms with Crippen LogP contribution in [0.15, 0.2) is 55.1 Å². The Morgan fingerprint density at radius 1 is 0.826 bits per heavy atom. The molecule has 110 valence electrons. The average molecular weight is 302 g/mol. The highest BCUT2D eigenvalue weighted by atomic mass is 15.5. The van der Waals surface area contributed by atoms with Gasteiger partial charge in [-0.2, -0.15) is 5.21 Å². The van der Waals surface area contributed by atoms with Crippen molar-refractivity contribution in [2.24, 2.45) is 0 Å². The molecule has 4 aromatic rings. The van der Waals surface area contributed by atoms with Gasteiger partial charge in [-0.05, 0) is 29.5 Å². The summed E-state index contributed by atoms with van der Waals surface area (Å²) < 4.78 is 0. The number of nitrogens with one attached hydrogen (secondary N) is 1. The summed E-state index contributed by atoms with van der Waals surface area (Å²) in [6.07, 6.45) is 6.82. The third-order valence-corrected chi connectivity index (χ3v) is 3.19. The number of pyridine rings is 2. The highest BCUT2D eigenvalue weighted by Gasteiger charge is 2.09. The summed E-state index contributed by atoms with van der Waals surface area (Å²) in [4.78, 5) is 17.3. The molecule has 0 radical (unpaired) electrons. The van der Waals surface area contributed by atoms with Crippen molar-refractivity contribution in [2.75, 3.05) is 0 Å². The van der Waals surface area contributed by atoms with Crippen molar-refractivity contribution < 1.29 is 0 Å². The molecular weight excluding hydrogens is 292 g/mol. The summed E-state index contributed by atoms with van der Waals surface area (Å²) >= 11 is 0. The fourth-order valence-electron chi connectivity index (χ4n) is 2.12. The zero-order chi connectivity index (χ0) is 15.5. The summed E-state index contributed by atoms with van der Waals surface area (Å²) in [5.41, 5.74) is 3.07. The van der Waals surface area contributed by atoms with E-state index in [1.807, 2.05) is 30.3 Å². The standard InChI is InChI=1S/C15H10N8/c1-2-5-17-13(3-1)15-18-6-4-12(19-15)10-7-11(9-16-8-10)14-20-22-23-21-14/h1-9H,(H,20,21,22,23). The predicted molar refractivity (Wildman–Crippen MR) is 81.7 cm³/mol. The molecule has 0 fully saturated rings. The quantitative estimate of drug-likeness (QED) is 0.614. The van der Waals surface area contributed by atoms with Crippen LogP contribution in [0.5, 0.6) is 0 Å². The van der Waals surface area contributed by atoms with Gasteiger partial charge in [-0.3, -0.25) is 9.97 Å². The van der Waals surface area contributed by atoms with Gasteiger partial charge in [-0.1, -0.05) is 6.07 Å². The highest BCUT2D eigenvalue weighted by molar-refractivity contribution is 5.67. The first-order valence-electron chi connectivity index (χ1n) is 6.84. The predicted octanol–water partition coefficient (Wildman–Crippen LogP) is 1.78. The molecule has 23 heavy (non-hydrogen) atoms. The van der Waals surface area contributed by atoms with Crippen molar-refractivity contribution in [1.29, 1.82) is 0 Å². The van der Waals surface area contributed by atoms with Crippen LogP contribution in [0.25, 0.3) is 34.2 Å². The first-order chi connectivity index (χ1) is 11.4. The molecule has 8 nitrogen and oxygen atoms in total. The van der Waals surface area contributed by atoms with Gasteiger partial charge in [0.15, 0.2) is 5.82 Å². The molecule has 0 bridgehead atoms. The van der Waals surface area contributed by atoms with E-state index < -0.39 is 0 Å². The summed E-state index contributed by atoms with van der Waals surface area (Å²) in [7, 11) is 0. The summed E-state index contributed by atoms with van der Waals surface area (Å²) in [6, 6.07) is 9.35. The second kappa shape index (κ2) is 5.68. The lowest BCUT2D eigenvalue weighted by molar-refractivity contribution is 0.881. The summed E-state index contributed by atoms with van der Waals surface area (Å²) in [6.45, 7) is 0. The Balaban J connectivity index is 1.75. The molecule has 0 atom stereocenters. The third kappa shape index (κ3) is 2.64. The summed E-state index contributed by atoms with van der Waals surface area (Å²) in [5.74, 6) is 1.05. The van der Waals surface area contributed by atoms with Gasteiger partial charge >= 0.3 is 0 Å². The minimum Gasteiger partial charge on any atom is -0.263 e. The minimum atomic E-state index is 0.485. The van der Waals surface area contributed by atoms with Crippen LogP contribution in [0.1, 0.15) is 0 Å². The van der Waals surface area contributed by atoms with Crippen LogP contribution in [0.4, 0.5) is 0 Å². The van der Waals surface area contributed by atoms with Crippen molar-refractivity contribution in [3.8, 4) is 34.2 Å². The number of aromatic amines is 1. The van der Waals surface area contributed by atoms with Crippen LogP contribution in [0.2, 0.25) is 0 Å². The molecular formula is C15H10N8. The molecule has 0 saturated carbocycles. The van der Waals surface area contributed by atoms with E-state index in [2.05, 4.69) is 40.6 Å². The first kappa shape index (κ1) is 13.1. The smallest absolute Gasteiger partial charge is 0.206 e. The monoisotopic (exact) mass is 302 g/mol. The number of hydrogen-bond acceptors (Lipinski definition) is 7. The van der Waals surface area contributed by atoms with Crippen LogP contribution in [-0.2, 0) is 0 Å². The lowest BCUT2D eigenvalue weighted by atomic mass is 10.1. The SMILES string of the molecule is c1ccc(-c2nccc(-c3cncc(-c4nn[nH]n4)c3)n2)nc1. The van der Waals surface area contributed by atoms with Crippen LogP contribution < -0.4 is 0 Å². The second-order valence-corrected chi connectivity index (χ2v) is 4.68. The van der Waals surface area contributed by atoms with E-state index in [1.165, 1.54) is 0 Å². The maximum absolute atomic E-state index is 4.56. The van der Waals surface area contributed by atoms with E-state index in [1.54, 1.807) is 24.8 Å². The molecule has 4 aromatic heterocycles. The summed E-state index contributed by atoms with van der Waals surface area (Å²) in [5, 5.41) is 13.9. The van der Waals surface area contributed by atoms with Crippen molar-refractivity contribution in [3.05, 3.63) is 55.1 Å². The zero-order valence-corrected chi connectivity index (χ0v) is 11.8. The lowest BCUT2D eigenvalue weighted by Crippen LogP contribution is -1.94. The van der Waals surface area contributed by atoms with E-state index in [0.717, 1.165) is 22.5 Å². The van der Waals surface area contributed by atoms with Crippen molar-refractivity contribution in [2.45, 2.75) is 0 Å². The molecule has 0 aliphatic heterocycles. The van der Waals surface area contributed by atoms with Gasteiger partial charge in [0.2, 0.25) is 5.82 Å². The average Bonchev–Trinajstić information content (AvgIpc) is 3.18. The van der Waals surface area contributed by atoms with E-state index in [9.17, 15) is 0 Å². The van der Waals surface area contributed by atoms with Crippen LogP contribution in [0.3, 0.4) is 0 Å². The van der Waals surface area contributed by atoms with Crippen molar-refractivity contribution in [1.82, 2.24) is 40.6 Å². The number of hydrogen-bond donors (Lipinski definition) is 1. The topological polar surface area (TPSA) is 106 Å². The van der Waals surface area contributed by atoms with Gasteiger partial charge in [0, 0.05) is 35.9 Å². The Labute approximate surface area is 130 Å². The fraction of sp³-hybridized carbons (Fsp3) is 0. The normalized spacial score (nSPS) is 10.6. The Morgan fingerprint density at radius 3 is 2.61 bits per heavy atom. The number of tetrazole rings is 1. The zero-order valence-electron chi connectivity index (χ0n) is 11.8. The maximum atomic E-state index is 4.56. The molecule has 0 saturated heterocycles. The van der Waals surface area contributed by atoms with Crippen LogP contribution >= 0.6 is 0 Å². The number of aromatic nitrogens is 8. The maximum Gasteiger partial charge on any atom is 0.206 e. The molecule has 0 amide bonds. The molecule has 0 aromatic carbocycles. The van der Waals surface area contributed by atoms with E-state index in [-0.39, 0.29) is 0 Å². The van der Waals surface area contributed by atoms with Crippen LogP contribution in [-0.4, -0.2) is 40.6 Å². The largest absolute Gasteiger partial charge is 0.263 e. The Bertz CT molecular complexity index is 921. The van der Waals surface area contributed by atoms with Crippen molar-refractivity contribution in [3.63, 3.8) is 0 Å². The third-order valence-electron chi connectivity index (χ3n) is 3.19. The first-order valence-corrected chi connectivity index (χ1v) is 6.84. The second-order valence-electron chi connectivity index (χ2n) is 4.68. The molecule has 8 heteroatoms. The minimum absolute atomic E-state index is 0.485. The van der Waals surface area contributed by atoms with E-state index in [0.29, 0.717) is 11.6 Å². The Kier molecular flexibility index (Phi) is 3.24. The fourth-order valence-corrected chi connectivity index (χ4v) is 2.12. The highest BCUT2D eigenvalue weighted by Crippen LogP contribution is 2.22. The van der Waals surface area contributed by atoms with Gasteiger partial charge < -0.3 is 0 Å². The van der Waals surface area contributed by atoms with Gasteiger partial charge in [-0.15, -0.1) is 10.2 Å². The van der Waals surface area contributed by atoms with Crippen LogP contribution in [0, 0.1) is 0 Å². The molecule has 0 spiro atoms. The molecule has 0 aliphatic carbocycles. The molecule has 4 heterocycles. The van der Waals surface area contributed by atoms with Gasteiger partial charge in [-0.25, -0.2) is 9.97 Å². The van der Waals surface area contributed by atoms with Crippen molar-refractivity contribution >= 4 is 0 Å². The molecule has 0 unspecified atom stereocenters. The van der Waals surface area contributed by atoms with Gasteiger partial charge in [0.05, 0.1) is 5.69 Å². The number of nitrogens with zero attached hydrogens (tertiary/aromatic N) is 7. The lowest BCUT2D eigenvalue weighted by Gasteiger charge is -2.04. The Morgan fingerprint density at radius 2 is 1.78 bits per heavy atom. The number of rotatable bonds is 3. The molecule has 1 N–H and O–H groups in total. The van der Waals surface area contributed by atoms with Gasteiger partial charge in [0.1, 0.15) is 5.69 Å². The van der Waals surface area contributed by atoms with E-state index in [4.69, 9.17) is 0 Å². The molecule has 4 rings (SSSR count). The number of H-pyrrole nitrogens is 1. The Hall–Kier alpha value is -3.55. The van der Waals surface area contributed by atoms with E-state index >= 15 is 0 Å². The molecule has 0 aliphatic rings. The van der Waals surface area contributed by atoms with Gasteiger partial charge in [0.25, 0.3) is 0 Å².